The Morgan fingerprint density at radius 2 is 1.71 bits per heavy atom. The van der Waals surface area contributed by atoms with Gasteiger partial charge in [-0.2, -0.15) is 0 Å². The normalized spacial score (nSPS) is 21.1. The maximum Gasteiger partial charge on any atom is 0.573 e. The molecule has 4 rings (SSSR count). The molecular formula is C26H28F4O. The van der Waals surface area contributed by atoms with Gasteiger partial charge in [-0.05, 0) is 96.7 Å². The first kappa shape index (κ1) is 21.9. The molecule has 5 heteroatoms. The monoisotopic (exact) mass is 432 g/mol. The molecule has 0 aliphatic heterocycles. The fourth-order valence-electron chi connectivity index (χ4n) is 5.08. The summed E-state index contributed by atoms with van der Waals surface area (Å²) < 4.78 is 55.1. The lowest BCUT2D eigenvalue weighted by atomic mass is 9.74. The highest BCUT2D eigenvalue weighted by Gasteiger charge is 2.33. The molecule has 0 saturated heterocycles. The molecule has 0 spiro atoms. The molecule has 0 bridgehead atoms. The van der Waals surface area contributed by atoms with Gasteiger partial charge in [-0.15, -0.1) is 13.2 Å². The third-order valence-electron chi connectivity index (χ3n) is 6.60. The Labute approximate surface area is 181 Å². The van der Waals surface area contributed by atoms with Gasteiger partial charge in [0, 0.05) is 0 Å². The van der Waals surface area contributed by atoms with Gasteiger partial charge in [0.15, 0.2) is 11.6 Å². The van der Waals surface area contributed by atoms with Crippen molar-refractivity contribution in [2.75, 3.05) is 0 Å². The zero-order valence-electron chi connectivity index (χ0n) is 17.8. The Kier molecular flexibility index (Phi) is 6.40. The van der Waals surface area contributed by atoms with E-state index in [2.05, 4.69) is 35.9 Å². The third-order valence-corrected chi connectivity index (χ3v) is 6.60. The molecule has 0 fully saturated rings. The fourth-order valence-corrected chi connectivity index (χ4v) is 5.08. The Balaban J connectivity index is 1.48. The Morgan fingerprint density at radius 1 is 1.00 bits per heavy atom. The van der Waals surface area contributed by atoms with Crippen molar-refractivity contribution in [3.05, 3.63) is 76.1 Å². The minimum absolute atomic E-state index is 0.105. The lowest BCUT2D eigenvalue weighted by molar-refractivity contribution is -0.275. The van der Waals surface area contributed by atoms with Gasteiger partial charge < -0.3 is 4.74 Å². The number of rotatable bonds is 5. The van der Waals surface area contributed by atoms with E-state index in [4.69, 9.17) is 0 Å². The molecule has 31 heavy (non-hydrogen) atoms. The maximum absolute atomic E-state index is 14.2. The molecule has 1 nitrogen and oxygen atoms in total. The van der Waals surface area contributed by atoms with Crippen LogP contribution in [0.5, 0.6) is 5.75 Å². The van der Waals surface area contributed by atoms with E-state index in [9.17, 15) is 17.6 Å². The number of alkyl halides is 3. The van der Waals surface area contributed by atoms with Crippen LogP contribution in [0, 0.1) is 11.7 Å². The summed E-state index contributed by atoms with van der Waals surface area (Å²) in [6.07, 6.45) is 8.09. The van der Waals surface area contributed by atoms with Crippen LogP contribution in [-0.2, 0) is 25.7 Å². The van der Waals surface area contributed by atoms with E-state index in [0.717, 1.165) is 50.2 Å². The first-order valence-electron chi connectivity index (χ1n) is 11.2. The SMILES string of the molecule is CCC/C=C/C1CCc2c(ccc3c2CCC(c2ccc(OC(F)(F)F)c(F)c2)C3)C1. The number of hydrogen-bond acceptors (Lipinski definition) is 1. The Bertz CT molecular complexity index is 961. The van der Waals surface area contributed by atoms with Crippen molar-refractivity contribution in [3.63, 3.8) is 0 Å². The highest BCUT2D eigenvalue weighted by Crippen LogP contribution is 2.39. The van der Waals surface area contributed by atoms with Crippen molar-refractivity contribution < 1.29 is 22.3 Å². The van der Waals surface area contributed by atoms with Gasteiger partial charge in [0.1, 0.15) is 0 Å². The van der Waals surface area contributed by atoms with Crippen molar-refractivity contribution in [3.8, 4) is 5.75 Å². The molecule has 2 atom stereocenters. The molecule has 0 radical (unpaired) electrons. The van der Waals surface area contributed by atoms with Gasteiger partial charge in [-0.3, -0.25) is 0 Å². The summed E-state index contributed by atoms with van der Waals surface area (Å²) in [6, 6.07) is 8.30. The van der Waals surface area contributed by atoms with E-state index in [0.29, 0.717) is 5.92 Å². The fraction of sp³-hybridized carbons (Fsp3) is 0.462. The average Bonchev–Trinajstić information content (AvgIpc) is 2.74. The topological polar surface area (TPSA) is 9.23 Å². The van der Waals surface area contributed by atoms with Crippen molar-refractivity contribution in [1.82, 2.24) is 0 Å². The summed E-state index contributed by atoms with van der Waals surface area (Å²) in [6.45, 7) is 2.19. The van der Waals surface area contributed by atoms with Crippen LogP contribution in [0.4, 0.5) is 17.6 Å². The van der Waals surface area contributed by atoms with Crippen molar-refractivity contribution >= 4 is 0 Å². The van der Waals surface area contributed by atoms with Crippen LogP contribution in [0.15, 0.2) is 42.5 Å². The Hall–Kier alpha value is -2.30. The predicted octanol–water partition coefficient (Wildman–Crippen LogP) is 7.46. The van der Waals surface area contributed by atoms with Gasteiger partial charge in [-0.25, -0.2) is 4.39 Å². The molecule has 2 aliphatic rings. The second kappa shape index (κ2) is 9.05. The maximum atomic E-state index is 14.2. The van der Waals surface area contributed by atoms with Gasteiger partial charge in [0.05, 0.1) is 0 Å². The number of allylic oxidation sites excluding steroid dienone is 2. The van der Waals surface area contributed by atoms with Crippen molar-refractivity contribution in [2.45, 2.75) is 70.6 Å². The standard InChI is InChI=1S/C26H28F4O/c1-2-3-4-5-17-6-11-22-20(14-17)7-8-21-15-18(9-12-23(21)22)19-10-13-25(24(27)16-19)31-26(28,29)30/h4-5,7-8,10,13,16-18H,2-3,6,9,11-12,14-15H2,1H3/b5-4+. The number of unbranched alkanes of at least 4 members (excludes halogenated alkanes) is 1. The van der Waals surface area contributed by atoms with Crippen molar-refractivity contribution in [1.29, 1.82) is 0 Å². The molecular weight excluding hydrogens is 404 g/mol. The van der Waals surface area contributed by atoms with Gasteiger partial charge in [-0.1, -0.05) is 43.7 Å². The summed E-state index contributed by atoms with van der Waals surface area (Å²) in [4.78, 5) is 0. The van der Waals surface area contributed by atoms with Crippen LogP contribution in [0.1, 0.15) is 66.3 Å². The van der Waals surface area contributed by atoms with Crippen LogP contribution < -0.4 is 4.74 Å². The van der Waals surface area contributed by atoms with E-state index < -0.39 is 17.9 Å². The predicted molar refractivity (Wildman–Crippen MR) is 114 cm³/mol. The van der Waals surface area contributed by atoms with Gasteiger partial charge in [0.2, 0.25) is 0 Å². The zero-order chi connectivity index (χ0) is 22.0. The second-order valence-corrected chi connectivity index (χ2v) is 8.74. The van der Waals surface area contributed by atoms with Crippen LogP contribution in [-0.4, -0.2) is 6.36 Å². The molecule has 0 amide bonds. The summed E-state index contributed by atoms with van der Waals surface area (Å²) >= 11 is 0. The second-order valence-electron chi connectivity index (χ2n) is 8.74. The third kappa shape index (κ3) is 5.13. The molecule has 2 aromatic rings. The Morgan fingerprint density at radius 3 is 2.39 bits per heavy atom. The molecule has 2 aromatic carbocycles. The summed E-state index contributed by atoms with van der Waals surface area (Å²) in [5.74, 6) is -1.01. The van der Waals surface area contributed by atoms with E-state index in [1.54, 1.807) is 6.07 Å². The number of fused-ring (bicyclic) bond motifs is 3. The van der Waals surface area contributed by atoms with Gasteiger partial charge >= 0.3 is 6.36 Å². The molecule has 0 N–H and O–H groups in total. The lowest BCUT2D eigenvalue weighted by Crippen LogP contribution is -2.20. The van der Waals surface area contributed by atoms with E-state index in [1.165, 1.54) is 41.2 Å². The molecule has 166 valence electrons. The molecule has 2 unspecified atom stereocenters. The van der Waals surface area contributed by atoms with Crippen LogP contribution in [0.2, 0.25) is 0 Å². The molecule has 0 saturated carbocycles. The minimum atomic E-state index is -4.89. The van der Waals surface area contributed by atoms with Crippen LogP contribution in [0.3, 0.4) is 0 Å². The number of benzene rings is 2. The zero-order valence-corrected chi connectivity index (χ0v) is 17.8. The smallest absolute Gasteiger partial charge is 0.403 e. The van der Waals surface area contributed by atoms with Crippen LogP contribution >= 0.6 is 0 Å². The van der Waals surface area contributed by atoms with E-state index in [-0.39, 0.29) is 5.92 Å². The first-order valence-corrected chi connectivity index (χ1v) is 11.2. The van der Waals surface area contributed by atoms with E-state index in [1.807, 2.05) is 0 Å². The summed E-state index contributed by atoms with van der Waals surface area (Å²) in [5, 5.41) is 0. The number of ether oxygens (including phenoxy) is 1. The van der Waals surface area contributed by atoms with Crippen molar-refractivity contribution in [2.24, 2.45) is 5.92 Å². The molecule has 2 aliphatic carbocycles. The van der Waals surface area contributed by atoms with Crippen LogP contribution in [0.25, 0.3) is 0 Å². The average molecular weight is 433 g/mol. The highest BCUT2D eigenvalue weighted by molar-refractivity contribution is 5.46. The first-order chi connectivity index (χ1) is 14.8. The number of halogens is 4. The van der Waals surface area contributed by atoms with Gasteiger partial charge in [0.25, 0.3) is 0 Å². The summed E-state index contributed by atoms with van der Waals surface area (Å²) in [7, 11) is 0. The lowest BCUT2D eigenvalue weighted by Gasteiger charge is -2.31. The highest BCUT2D eigenvalue weighted by atomic mass is 19.4. The minimum Gasteiger partial charge on any atom is -0.403 e. The number of hydrogen-bond donors (Lipinski definition) is 0. The summed E-state index contributed by atoms with van der Waals surface area (Å²) in [5.41, 5.74) is 6.43. The van der Waals surface area contributed by atoms with E-state index >= 15 is 0 Å². The largest absolute Gasteiger partial charge is 0.573 e. The molecule has 0 heterocycles. The quantitative estimate of drug-likeness (QED) is 0.352. The molecule has 0 aromatic heterocycles.